The van der Waals surface area contributed by atoms with Crippen LogP contribution in [0.1, 0.15) is 60.6 Å². The van der Waals surface area contributed by atoms with Crippen molar-refractivity contribution in [1.82, 2.24) is 9.97 Å². The fourth-order valence-corrected chi connectivity index (χ4v) is 2.46. The molecule has 8 heteroatoms. The standard InChI is InChI=1S/C19H21F3N2O3/c1-3-4-9-27-18-23-15(11-17(26)24-18)16(25)10-12(2)13-5-7-14(8-6-13)19(20,21)22/h5-8,11-12H,3-4,9-10H2,1-2H3,(H,23,24,26). The van der Waals surface area contributed by atoms with Crippen LogP contribution >= 0.6 is 0 Å². The number of carbonyl (C=O) groups excluding carboxylic acids is 1. The van der Waals surface area contributed by atoms with E-state index in [0.29, 0.717) is 12.2 Å². The summed E-state index contributed by atoms with van der Waals surface area (Å²) in [7, 11) is 0. The predicted molar refractivity (Wildman–Crippen MR) is 94.1 cm³/mol. The van der Waals surface area contributed by atoms with E-state index in [2.05, 4.69) is 9.97 Å². The van der Waals surface area contributed by atoms with Gasteiger partial charge in [0.1, 0.15) is 5.69 Å². The first-order chi connectivity index (χ1) is 12.7. The number of benzene rings is 1. The Morgan fingerprint density at radius 3 is 2.52 bits per heavy atom. The molecule has 0 aliphatic heterocycles. The van der Waals surface area contributed by atoms with E-state index in [1.807, 2.05) is 6.92 Å². The van der Waals surface area contributed by atoms with E-state index in [0.717, 1.165) is 31.0 Å². The third-order valence-electron chi connectivity index (χ3n) is 4.04. The first-order valence-electron chi connectivity index (χ1n) is 8.65. The highest BCUT2D eigenvalue weighted by molar-refractivity contribution is 5.94. The van der Waals surface area contributed by atoms with Gasteiger partial charge in [0.25, 0.3) is 11.6 Å². The Bertz CT molecular complexity index is 829. The van der Waals surface area contributed by atoms with Crippen LogP contribution in [0.4, 0.5) is 13.2 Å². The second-order valence-electron chi connectivity index (χ2n) is 6.29. The summed E-state index contributed by atoms with van der Waals surface area (Å²) in [5.41, 5.74) is -0.665. The zero-order valence-electron chi connectivity index (χ0n) is 15.1. The van der Waals surface area contributed by atoms with Gasteiger partial charge in [-0.05, 0) is 30.0 Å². The number of halogens is 3. The maximum Gasteiger partial charge on any atom is 0.416 e. The molecule has 27 heavy (non-hydrogen) atoms. The van der Waals surface area contributed by atoms with Gasteiger partial charge in [-0.3, -0.25) is 14.6 Å². The van der Waals surface area contributed by atoms with Crippen molar-refractivity contribution in [3.05, 3.63) is 57.5 Å². The van der Waals surface area contributed by atoms with E-state index in [9.17, 15) is 22.8 Å². The molecule has 2 aromatic rings. The summed E-state index contributed by atoms with van der Waals surface area (Å²) in [5.74, 6) is -0.709. The molecule has 0 fully saturated rings. The van der Waals surface area contributed by atoms with Crippen LogP contribution < -0.4 is 10.3 Å². The maximum atomic E-state index is 12.6. The molecule has 2 rings (SSSR count). The molecule has 1 aromatic heterocycles. The minimum Gasteiger partial charge on any atom is -0.465 e. The zero-order chi connectivity index (χ0) is 20.0. The van der Waals surface area contributed by atoms with E-state index in [-0.39, 0.29) is 29.8 Å². The number of carbonyl (C=O) groups is 1. The number of ketones is 1. The Morgan fingerprint density at radius 2 is 1.93 bits per heavy atom. The number of alkyl halides is 3. The highest BCUT2D eigenvalue weighted by atomic mass is 19.4. The van der Waals surface area contributed by atoms with Gasteiger partial charge in [-0.25, -0.2) is 0 Å². The molecule has 0 aliphatic carbocycles. The van der Waals surface area contributed by atoms with Gasteiger partial charge in [0.05, 0.1) is 12.2 Å². The van der Waals surface area contributed by atoms with Gasteiger partial charge in [-0.15, -0.1) is 0 Å². The number of unbranched alkanes of at least 4 members (excludes halogenated alkanes) is 1. The van der Waals surface area contributed by atoms with Crippen LogP contribution in [0.2, 0.25) is 0 Å². The molecule has 146 valence electrons. The fourth-order valence-electron chi connectivity index (χ4n) is 2.46. The summed E-state index contributed by atoms with van der Waals surface area (Å²) in [6.45, 7) is 4.09. The lowest BCUT2D eigenvalue weighted by molar-refractivity contribution is -0.137. The van der Waals surface area contributed by atoms with Crippen molar-refractivity contribution in [3.8, 4) is 6.01 Å². The Labute approximate surface area is 154 Å². The molecule has 0 radical (unpaired) electrons. The number of aromatic nitrogens is 2. The summed E-state index contributed by atoms with van der Waals surface area (Å²) < 4.78 is 43.2. The van der Waals surface area contributed by atoms with Crippen molar-refractivity contribution in [2.24, 2.45) is 0 Å². The van der Waals surface area contributed by atoms with Gasteiger partial charge in [0, 0.05) is 12.5 Å². The molecule has 0 amide bonds. The van der Waals surface area contributed by atoms with E-state index in [1.54, 1.807) is 6.92 Å². The second kappa shape index (κ2) is 8.83. The zero-order valence-corrected chi connectivity index (χ0v) is 15.1. The summed E-state index contributed by atoms with van der Waals surface area (Å²) in [5, 5.41) is 0. The van der Waals surface area contributed by atoms with Crippen molar-refractivity contribution in [1.29, 1.82) is 0 Å². The molecule has 5 nitrogen and oxygen atoms in total. The van der Waals surface area contributed by atoms with Crippen LogP contribution in [0.5, 0.6) is 6.01 Å². The fraction of sp³-hybridized carbons (Fsp3) is 0.421. The molecule has 1 atom stereocenters. The number of Topliss-reactive ketones (excluding diaryl/α,β-unsaturated/α-hetero) is 1. The first-order valence-corrected chi connectivity index (χ1v) is 8.65. The molecule has 1 heterocycles. The molecule has 0 spiro atoms. The highest BCUT2D eigenvalue weighted by Crippen LogP contribution is 2.30. The van der Waals surface area contributed by atoms with Crippen LogP contribution in [-0.4, -0.2) is 22.4 Å². The second-order valence-corrected chi connectivity index (χ2v) is 6.29. The quantitative estimate of drug-likeness (QED) is 0.544. The van der Waals surface area contributed by atoms with Crippen molar-refractivity contribution in [2.45, 2.75) is 45.2 Å². The average Bonchev–Trinajstić information content (AvgIpc) is 2.61. The highest BCUT2D eigenvalue weighted by Gasteiger charge is 2.30. The Kier molecular flexibility index (Phi) is 6.76. The minimum absolute atomic E-state index is 0.0101. The number of ether oxygens (including phenoxy) is 1. The lowest BCUT2D eigenvalue weighted by Crippen LogP contribution is -2.16. The van der Waals surface area contributed by atoms with Gasteiger partial charge in [0.15, 0.2) is 5.78 Å². The van der Waals surface area contributed by atoms with Crippen LogP contribution in [0.15, 0.2) is 35.1 Å². The number of rotatable bonds is 8. The van der Waals surface area contributed by atoms with Crippen molar-refractivity contribution < 1.29 is 22.7 Å². The van der Waals surface area contributed by atoms with Crippen LogP contribution in [-0.2, 0) is 6.18 Å². The summed E-state index contributed by atoms with van der Waals surface area (Å²) in [6, 6.07) is 5.76. The van der Waals surface area contributed by atoms with Gasteiger partial charge in [-0.1, -0.05) is 32.4 Å². The van der Waals surface area contributed by atoms with Crippen molar-refractivity contribution in [2.75, 3.05) is 6.61 Å². The number of nitrogens with one attached hydrogen (secondary N) is 1. The SMILES string of the molecule is CCCCOc1nc(C(=O)CC(C)c2ccc(C(F)(F)F)cc2)cc(=O)[nH]1. The predicted octanol–water partition coefficient (Wildman–Crippen LogP) is 4.34. The van der Waals surface area contributed by atoms with E-state index >= 15 is 0 Å². The smallest absolute Gasteiger partial charge is 0.416 e. The van der Waals surface area contributed by atoms with Crippen LogP contribution in [0.3, 0.4) is 0 Å². The summed E-state index contributed by atoms with van der Waals surface area (Å²) >= 11 is 0. The first kappa shape index (κ1) is 20.7. The van der Waals surface area contributed by atoms with Gasteiger partial charge in [0.2, 0.25) is 0 Å². The lowest BCUT2D eigenvalue weighted by Gasteiger charge is -2.13. The normalized spacial score (nSPS) is 12.6. The number of hydrogen-bond donors (Lipinski definition) is 1. The molecule has 1 aromatic carbocycles. The number of H-pyrrole nitrogens is 1. The van der Waals surface area contributed by atoms with E-state index < -0.39 is 17.3 Å². The number of hydrogen-bond acceptors (Lipinski definition) is 4. The van der Waals surface area contributed by atoms with E-state index in [4.69, 9.17) is 4.74 Å². The summed E-state index contributed by atoms with van der Waals surface area (Å²) in [6.07, 6.45) is -2.70. The molecule has 1 unspecified atom stereocenters. The summed E-state index contributed by atoms with van der Waals surface area (Å²) in [4.78, 5) is 30.6. The third-order valence-corrected chi connectivity index (χ3v) is 4.04. The monoisotopic (exact) mass is 382 g/mol. The molecule has 0 saturated carbocycles. The van der Waals surface area contributed by atoms with Gasteiger partial charge in [-0.2, -0.15) is 18.2 Å². The molecular weight excluding hydrogens is 361 g/mol. The Hall–Kier alpha value is -2.64. The molecule has 0 bridgehead atoms. The molecule has 1 N–H and O–H groups in total. The largest absolute Gasteiger partial charge is 0.465 e. The van der Waals surface area contributed by atoms with Gasteiger partial charge >= 0.3 is 6.18 Å². The van der Waals surface area contributed by atoms with Crippen LogP contribution in [0, 0.1) is 0 Å². The van der Waals surface area contributed by atoms with Crippen molar-refractivity contribution >= 4 is 5.78 Å². The molecule has 0 aliphatic rings. The number of nitrogens with zero attached hydrogens (tertiary/aromatic N) is 1. The topological polar surface area (TPSA) is 72.0 Å². The minimum atomic E-state index is -4.40. The maximum absolute atomic E-state index is 12.6. The van der Waals surface area contributed by atoms with Crippen LogP contribution in [0.25, 0.3) is 0 Å². The van der Waals surface area contributed by atoms with Crippen molar-refractivity contribution in [3.63, 3.8) is 0 Å². The Morgan fingerprint density at radius 1 is 1.26 bits per heavy atom. The van der Waals surface area contributed by atoms with Gasteiger partial charge < -0.3 is 4.74 Å². The van der Waals surface area contributed by atoms with E-state index in [1.165, 1.54) is 12.1 Å². The molecule has 0 saturated heterocycles. The molecular formula is C19H21F3N2O3. The number of aromatic amines is 1. The Balaban J connectivity index is 2.08. The average molecular weight is 382 g/mol. The lowest BCUT2D eigenvalue weighted by atomic mass is 9.94. The third kappa shape index (κ3) is 5.94.